The van der Waals surface area contributed by atoms with E-state index < -0.39 is 0 Å². The molecule has 3 atom stereocenters. The zero-order valence-corrected chi connectivity index (χ0v) is 14.3. The zero-order valence-electron chi connectivity index (χ0n) is 13.5. The van der Waals surface area contributed by atoms with Gasteiger partial charge in [-0.15, -0.1) is 0 Å². The minimum absolute atomic E-state index is 0.0204. The highest BCUT2D eigenvalue weighted by molar-refractivity contribution is 7.99. The van der Waals surface area contributed by atoms with Crippen LogP contribution in [0.4, 0.5) is 0 Å². The average molecular weight is 323 g/mol. The summed E-state index contributed by atoms with van der Waals surface area (Å²) in [6.07, 6.45) is 4.75. The van der Waals surface area contributed by atoms with Crippen molar-refractivity contribution in [2.75, 3.05) is 5.75 Å². The third-order valence-corrected chi connectivity index (χ3v) is 5.36. The first-order chi connectivity index (χ1) is 10.5. The first-order valence-electron chi connectivity index (χ1n) is 7.98. The lowest BCUT2D eigenvalue weighted by atomic mass is 9.75. The van der Waals surface area contributed by atoms with Crippen molar-refractivity contribution in [3.8, 4) is 0 Å². The molecule has 1 fully saturated rings. The van der Waals surface area contributed by atoms with Crippen molar-refractivity contribution in [1.82, 2.24) is 0 Å². The molecule has 2 rings (SSSR count). The molecule has 0 saturated heterocycles. The monoisotopic (exact) mass is 323 g/mol. The second-order valence-electron chi connectivity index (χ2n) is 6.51. The summed E-state index contributed by atoms with van der Waals surface area (Å²) in [5.41, 5.74) is 0. The van der Waals surface area contributed by atoms with Gasteiger partial charge in [0.2, 0.25) is 0 Å². The van der Waals surface area contributed by atoms with E-state index in [1.807, 2.05) is 0 Å². The highest BCUT2D eigenvalue weighted by atomic mass is 32.2. The first kappa shape index (κ1) is 17.1. The van der Waals surface area contributed by atoms with E-state index in [2.05, 4.69) is 20.8 Å². The van der Waals surface area contributed by atoms with Crippen molar-refractivity contribution in [1.29, 1.82) is 0 Å². The summed E-state index contributed by atoms with van der Waals surface area (Å²) in [6, 6.07) is 5.18. The minimum atomic E-state index is -0.224. The molecule has 0 aromatic carbocycles. The summed E-state index contributed by atoms with van der Waals surface area (Å²) in [7, 11) is 0. The van der Waals surface area contributed by atoms with E-state index in [1.54, 1.807) is 18.2 Å². The summed E-state index contributed by atoms with van der Waals surface area (Å²) >= 11 is 1.23. The summed E-state index contributed by atoms with van der Waals surface area (Å²) < 4.78 is 6.50. The SMILES string of the molecule is CC(C)[C@H]1CC[C@H](C)C[C@H]1OC(=O)CSc1cccc[n+]1[O-]. The van der Waals surface area contributed by atoms with Crippen molar-refractivity contribution in [3.63, 3.8) is 0 Å². The summed E-state index contributed by atoms with van der Waals surface area (Å²) in [4.78, 5) is 12.1. The van der Waals surface area contributed by atoms with E-state index in [0.29, 0.717) is 22.8 Å². The standard InChI is InChI=1S/C17H25NO3S/c1-12(2)14-8-7-13(3)10-15(14)21-17(19)11-22-16-6-4-5-9-18(16)20/h4-6,9,12-15H,7-8,10-11H2,1-3H3/t13-,14+,15+/m0/s1. The Morgan fingerprint density at radius 1 is 1.45 bits per heavy atom. The van der Waals surface area contributed by atoms with E-state index in [9.17, 15) is 10.0 Å². The Bertz CT molecular complexity index is 506. The highest BCUT2D eigenvalue weighted by Gasteiger charge is 2.33. The van der Waals surface area contributed by atoms with Crippen molar-refractivity contribution in [3.05, 3.63) is 29.6 Å². The van der Waals surface area contributed by atoms with Gasteiger partial charge in [0.25, 0.3) is 5.03 Å². The van der Waals surface area contributed by atoms with Gasteiger partial charge in [-0.25, -0.2) is 0 Å². The number of hydrogen-bond acceptors (Lipinski definition) is 4. The number of hydrogen-bond donors (Lipinski definition) is 0. The molecule has 0 radical (unpaired) electrons. The quantitative estimate of drug-likeness (QED) is 0.361. The molecule has 0 N–H and O–H groups in total. The van der Waals surface area contributed by atoms with E-state index in [1.165, 1.54) is 24.4 Å². The normalized spacial score (nSPS) is 25.2. The van der Waals surface area contributed by atoms with Gasteiger partial charge in [0, 0.05) is 12.1 Å². The van der Waals surface area contributed by atoms with Crippen LogP contribution >= 0.6 is 11.8 Å². The number of thioether (sulfide) groups is 1. The molecule has 5 heteroatoms. The Balaban J connectivity index is 1.88. The molecule has 22 heavy (non-hydrogen) atoms. The van der Waals surface area contributed by atoms with E-state index >= 15 is 0 Å². The number of nitrogens with zero attached hydrogens (tertiary/aromatic N) is 1. The Kier molecular flexibility index (Phi) is 6.12. The number of carbonyl (C=O) groups is 1. The van der Waals surface area contributed by atoms with Gasteiger partial charge in [0.15, 0.2) is 6.20 Å². The van der Waals surface area contributed by atoms with E-state index in [0.717, 1.165) is 17.6 Å². The Labute approximate surface area is 136 Å². The van der Waals surface area contributed by atoms with Crippen LogP contribution in [0.3, 0.4) is 0 Å². The molecule has 0 aliphatic heterocycles. The maximum Gasteiger partial charge on any atom is 0.316 e. The molecule has 1 aliphatic carbocycles. The van der Waals surface area contributed by atoms with Crippen LogP contribution in [0.1, 0.15) is 40.0 Å². The second kappa shape index (κ2) is 7.86. The lowest BCUT2D eigenvalue weighted by Gasteiger charge is -2.36. The number of carbonyl (C=O) groups excluding carboxylic acids is 1. The third-order valence-electron chi connectivity index (χ3n) is 4.37. The molecule has 1 heterocycles. The van der Waals surface area contributed by atoms with E-state index in [4.69, 9.17) is 4.74 Å². The molecular weight excluding hydrogens is 298 g/mol. The highest BCUT2D eigenvalue weighted by Crippen LogP contribution is 2.35. The average Bonchev–Trinajstić information content (AvgIpc) is 2.46. The topological polar surface area (TPSA) is 53.2 Å². The van der Waals surface area contributed by atoms with Crippen LogP contribution in [0, 0.1) is 23.0 Å². The van der Waals surface area contributed by atoms with Crippen LogP contribution in [-0.4, -0.2) is 17.8 Å². The zero-order chi connectivity index (χ0) is 16.1. The van der Waals surface area contributed by atoms with Crippen LogP contribution in [0.5, 0.6) is 0 Å². The predicted octanol–water partition coefficient (Wildman–Crippen LogP) is 3.42. The fourth-order valence-electron chi connectivity index (χ4n) is 3.11. The van der Waals surface area contributed by atoms with Gasteiger partial charge in [-0.3, -0.25) is 4.79 Å². The maximum atomic E-state index is 12.1. The third kappa shape index (κ3) is 4.63. The minimum Gasteiger partial charge on any atom is -0.618 e. The van der Waals surface area contributed by atoms with Crippen molar-refractivity contribution in [2.24, 2.45) is 17.8 Å². The van der Waals surface area contributed by atoms with Crippen molar-refractivity contribution < 1.29 is 14.3 Å². The Morgan fingerprint density at radius 2 is 2.23 bits per heavy atom. The molecule has 122 valence electrons. The number of pyridine rings is 1. The van der Waals surface area contributed by atoms with Gasteiger partial charge in [-0.1, -0.05) is 27.2 Å². The maximum absolute atomic E-state index is 12.1. The van der Waals surface area contributed by atoms with Gasteiger partial charge >= 0.3 is 5.97 Å². The number of esters is 1. The number of ether oxygens (including phenoxy) is 1. The Hall–Kier alpha value is -1.23. The summed E-state index contributed by atoms with van der Waals surface area (Å²) in [6.45, 7) is 6.61. The Morgan fingerprint density at radius 3 is 2.91 bits per heavy atom. The molecule has 1 aliphatic rings. The van der Waals surface area contributed by atoms with Crippen LogP contribution in [-0.2, 0) is 9.53 Å². The van der Waals surface area contributed by atoms with Crippen molar-refractivity contribution in [2.45, 2.75) is 51.2 Å². The lowest BCUT2D eigenvalue weighted by molar-refractivity contribution is -0.645. The smallest absolute Gasteiger partial charge is 0.316 e. The summed E-state index contributed by atoms with van der Waals surface area (Å²) in [5, 5.41) is 12.1. The second-order valence-corrected chi connectivity index (χ2v) is 7.50. The van der Waals surface area contributed by atoms with Crippen LogP contribution in [0.25, 0.3) is 0 Å². The molecule has 0 unspecified atom stereocenters. The molecule has 0 amide bonds. The predicted molar refractivity (Wildman–Crippen MR) is 87.3 cm³/mol. The van der Waals surface area contributed by atoms with Gasteiger partial charge in [-0.2, -0.15) is 4.73 Å². The first-order valence-corrected chi connectivity index (χ1v) is 8.96. The number of aromatic nitrogens is 1. The summed E-state index contributed by atoms with van der Waals surface area (Å²) in [5.74, 6) is 1.54. The fraction of sp³-hybridized carbons (Fsp3) is 0.647. The van der Waals surface area contributed by atoms with Crippen LogP contribution in [0.2, 0.25) is 0 Å². The molecule has 1 aromatic heterocycles. The molecule has 1 saturated carbocycles. The van der Waals surface area contributed by atoms with Gasteiger partial charge in [-0.05, 0) is 48.4 Å². The fourth-order valence-corrected chi connectivity index (χ4v) is 3.81. The molecule has 1 aromatic rings. The van der Waals surface area contributed by atoms with Crippen LogP contribution in [0.15, 0.2) is 29.4 Å². The van der Waals surface area contributed by atoms with Crippen LogP contribution < -0.4 is 4.73 Å². The largest absolute Gasteiger partial charge is 0.618 e. The van der Waals surface area contributed by atoms with Crippen molar-refractivity contribution >= 4 is 17.7 Å². The van der Waals surface area contributed by atoms with Gasteiger partial charge in [0.05, 0.1) is 0 Å². The molecule has 0 spiro atoms. The van der Waals surface area contributed by atoms with Gasteiger partial charge < -0.3 is 9.94 Å². The number of rotatable bonds is 5. The molecular formula is C17H25NO3S. The molecule has 0 bridgehead atoms. The molecule has 4 nitrogen and oxygen atoms in total. The van der Waals surface area contributed by atoms with E-state index in [-0.39, 0.29) is 17.8 Å². The lowest BCUT2D eigenvalue weighted by Crippen LogP contribution is -2.36. The van der Waals surface area contributed by atoms with Gasteiger partial charge in [0.1, 0.15) is 11.9 Å².